The molecule has 0 aliphatic carbocycles. The summed E-state index contributed by atoms with van der Waals surface area (Å²) >= 11 is 0. The van der Waals surface area contributed by atoms with E-state index in [2.05, 4.69) is 54.7 Å². The Labute approximate surface area is 306 Å². The van der Waals surface area contributed by atoms with Crippen LogP contribution in [0.15, 0.2) is 119 Å². The number of rotatable bonds is 13. The number of hydrogen-bond acceptors (Lipinski definition) is 7. The van der Waals surface area contributed by atoms with Crippen molar-refractivity contribution in [2.24, 2.45) is 0 Å². The van der Waals surface area contributed by atoms with Crippen LogP contribution in [0.3, 0.4) is 0 Å². The van der Waals surface area contributed by atoms with Gasteiger partial charge in [-0.2, -0.15) is 5.10 Å². The fourth-order valence-corrected chi connectivity index (χ4v) is 6.74. The summed E-state index contributed by atoms with van der Waals surface area (Å²) in [5.41, 5.74) is 4.92. The maximum absolute atomic E-state index is 13.1. The molecule has 0 unspecified atom stereocenters. The number of sulfonamides is 1. The maximum atomic E-state index is 13.1. The highest BCUT2D eigenvalue weighted by atomic mass is 32.2. The normalized spacial score (nSPS) is 11.5. The number of aryl methyl sites for hydroxylation is 2. The number of ether oxygens (including phenoxy) is 2. The van der Waals surface area contributed by atoms with Crippen molar-refractivity contribution in [1.82, 2.24) is 19.3 Å². The van der Waals surface area contributed by atoms with Crippen molar-refractivity contribution in [1.29, 1.82) is 0 Å². The Morgan fingerprint density at radius 3 is 2.12 bits per heavy atom. The summed E-state index contributed by atoms with van der Waals surface area (Å²) in [7, 11) is -0.947. The Morgan fingerprint density at radius 1 is 0.788 bits per heavy atom. The molecule has 0 amide bonds. The van der Waals surface area contributed by atoms with Crippen LogP contribution in [0, 0.1) is 0 Å². The Kier molecular flexibility index (Phi) is 12.2. The van der Waals surface area contributed by atoms with Gasteiger partial charge in [-0.1, -0.05) is 75.4 Å². The number of nitrogens with one attached hydrogen (secondary N) is 1. The molecule has 1 N–H and O–H groups in total. The van der Waals surface area contributed by atoms with Gasteiger partial charge in [0.05, 0.1) is 31.4 Å². The quantitative estimate of drug-likeness (QED) is 0.133. The largest absolute Gasteiger partial charge is 0.497 e. The van der Waals surface area contributed by atoms with E-state index in [1.165, 1.54) is 31.9 Å². The first-order chi connectivity index (χ1) is 24.9. The molecule has 2 aromatic heterocycles. The molecule has 52 heavy (non-hydrogen) atoms. The molecule has 3 aromatic carbocycles. The predicted octanol–water partition coefficient (Wildman–Crippen LogP) is 7.59. The van der Waals surface area contributed by atoms with Crippen LogP contribution in [0.5, 0.6) is 11.5 Å². The first-order valence-electron chi connectivity index (χ1n) is 17.3. The van der Waals surface area contributed by atoms with E-state index in [0.29, 0.717) is 36.7 Å². The maximum Gasteiger partial charge on any atom is 0.263 e. The summed E-state index contributed by atoms with van der Waals surface area (Å²) in [6.45, 7) is 9.66. The lowest BCUT2D eigenvalue weighted by molar-refractivity contribution is 0.414. The molecule has 0 saturated heterocycles. The van der Waals surface area contributed by atoms with Gasteiger partial charge in [0.2, 0.25) is 0 Å². The second kappa shape index (κ2) is 16.7. The van der Waals surface area contributed by atoms with Gasteiger partial charge in [0.15, 0.2) is 11.6 Å². The zero-order chi connectivity index (χ0) is 37.3. The minimum absolute atomic E-state index is 0.0748. The number of methoxy groups -OCH3 is 2. The Bertz CT molecular complexity index is 2190. The van der Waals surface area contributed by atoms with Crippen molar-refractivity contribution in [3.05, 3.63) is 142 Å². The van der Waals surface area contributed by atoms with Crippen LogP contribution in [-0.2, 0) is 41.4 Å². The first-order valence-corrected chi connectivity index (χ1v) is 18.8. The van der Waals surface area contributed by atoms with Gasteiger partial charge in [-0.3, -0.25) is 18.8 Å². The van der Waals surface area contributed by atoms with Gasteiger partial charge in [-0.15, -0.1) is 0 Å². The minimum Gasteiger partial charge on any atom is -0.497 e. The molecule has 0 spiro atoms. The Morgan fingerprint density at radius 2 is 1.48 bits per heavy atom. The van der Waals surface area contributed by atoms with E-state index < -0.39 is 10.0 Å². The fraction of sp³-hybridized carbons (Fsp3) is 0.293. The molecule has 5 rings (SSSR count). The lowest BCUT2D eigenvalue weighted by Crippen LogP contribution is -2.22. The summed E-state index contributed by atoms with van der Waals surface area (Å²) in [4.78, 5) is 17.7. The van der Waals surface area contributed by atoms with Gasteiger partial charge in [0.1, 0.15) is 11.6 Å². The minimum atomic E-state index is -3.93. The first kappa shape index (κ1) is 37.8. The number of pyridine rings is 1. The van der Waals surface area contributed by atoms with E-state index in [0.717, 1.165) is 35.4 Å². The highest BCUT2D eigenvalue weighted by Gasteiger charge is 2.19. The number of anilines is 1. The second-order valence-corrected chi connectivity index (χ2v) is 15.1. The van der Waals surface area contributed by atoms with Crippen LogP contribution in [0.25, 0.3) is 11.3 Å². The van der Waals surface area contributed by atoms with Crippen LogP contribution in [-0.4, -0.2) is 42.0 Å². The van der Waals surface area contributed by atoms with Crippen molar-refractivity contribution in [2.75, 3.05) is 18.9 Å². The molecule has 0 fully saturated rings. The molecular formula is C41H47N5O5S. The SMILES string of the molecule is CCn1c(CCCc2ccc(-c3ccc(OC)c(NS(=O)(=O)c4ccc(OC)cc4)n3)cc2)nn(Cc2ccc(C(C)(C)C)cc2)ccccc1=O. The standard InChI is InChI=1S/C41H47N5O5S/c1-7-46-38(43-45(28-9-8-13-39(46)47)29-31-16-20-33(21-17-31)41(2,3)4)12-10-11-30-14-18-32(19-15-30)36-26-27-37(51-6)40(42-36)44-52(48,49)35-24-22-34(50-5)23-25-35/h8-9,13-28H,7,10-12,29H2,1-6H3,(H,42,44). The fourth-order valence-electron chi connectivity index (χ4n) is 5.73. The average molecular weight is 722 g/mol. The smallest absolute Gasteiger partial charge is 0.263 e. The summed E-state index contributed by atoms with van der Waals surface area (Å²) in [5, 5.41) is 4.98. The molecule has 0 saturated carbocycles. The van der Waals surface area contributed by atoms with Crippen LogP contribution < -0.4 is 19.8 Å². The summed E-state index contributed by atoms with van der Waals surface area (Å²) in [6, 6.07) is 31.4. The molecule has 5 aromatic rings. The van der Waals surface area contributed by atoms with Crippen molar-refractivity contribution in [2.45, 2.75) is 70.4 Å². The van der Waals surface area contributed by atoms with Gasteiger partial charge < -0.3 is 9.47 Å². The van der Waals surface area contributed by atoms with Gasteiger partial charge in [0, 0.05) is 30.8 Å². The summed E-state index contributed by atoms with van der Waals surface area (Å²) < 4.78 is 43.0. The molecule has 0 atom stereocenters. The second-order valence-electron chi connectivity index (χ2n) is 13.4. The van der Waals surface area contributed by atoms with E-state index in [4.69, 9.17) is 14.6 Å². The van der Waals surface area contributed by atoms with E-state index in [1.807, 2.05) is 48.1 Å². The van der Waals surface area contributed by atoms with E-state index in [9.17, 15) is 13.2 Å². The predicted molar refractivity (Wildman–Crippen MR) is 206 cm³/mol. The molecule has 11 heteroatoms. The lowest BCUT2D eigenvalue weighted by Gasteiger charge is -2.19. The number of hydrogen-bond donors (Lipinski definition) is 1. The number of nitrogens with zero attached hydrogens (tertiary/aromatic N) is 4. The Balaban J connectivity index is 1.31. The molecule has 0 aliphatic heterocycles. The van der Waals surface area contributed by atoms with Crippen molar-refractivity contribution < 1.29 is 17.9 Å². The molecule has 2 heterocycles. The number of aromatic nitrogens is 4. The average Bonchev–Trinajstić information content (AvgIpc) is 3.20. The van der Waals surface area contributed by atoms with Crippen molar-refractivity contribution in [3.8, 4) is 22.8 Å². The highest BCUT2D eigenvalue weighted by molar-refractivity contribution is 7.92. The molecule has 0 bridgehead atoms. The summed E-state index contributed by atoms with van der Waals surface area (Å²) in [6.07, 6.45) is 4.07. The van der Waals surface area contributed by atoms with E-state index >= 15 is 0 Å². The van der Waals surface area contributed by atoms with Crippen molar-refractivity contribution >= 4 is 15.8 Å². The third kappa shape index (κ3) is 9.67. The van der Waals surface area contributed by atoms with Gasteiger partial charge in [-0.05, 0) is 84.3 Å². The Hall–Kier alpha value is -5.42. The van der Waals surface area contributed by atoms with Crippen LogP contribution >= 0.6 is 0 Å². The van der Waals surface area contributed by atoms with Gasteiger partial charge in [-0.25, -0.2) is 13.4 Å². The zero-order valence-corrected chi connectivity index (χ0v) is 31.5. The highest BCUT2D eigenvalue weighted by Crippen LogP contribution is 2.30. The van der Waals surface area contributed by atoms with E-state index in [-0.39, 0.29) is 21.7 Å². The van der Waals surface area contributed by atoms with Gasteiger partial charge >= 0.3 is 0 Å². The monoisotopic (exact) mass is 721 g/mol. The topological polar surface area (TPSA) is 117 Å². The molecular weight excluding hydrogens is 675 g/mol. The molecule has 0 aliphatic rings. The van der Waals surface area contributed by atoms with Crippen LogP contribution in [0.4, 0.5) is 5.82 Å². The molecule has 272 valence electrons. The number of benzene rings is 3. The third-order valence-electron chi connectivity index (χ3n) is 8.70. The van der Waals surface area contributed by atoms with Gasteiger partial charge in [0.25, 0.3) is 15.6 Å². The zero-order valence-electron chi connectivity index (χ0n) is 30.7. The van der Waals surface area contributed by atoms with Crippen LogP contribution in [0.1, 0.15) is 56.6 Å². The van der Waals surface area contributed by atoms with E-state index in [1.54, 1.807) is 41.0 Å². The van der Waals surface area contributed by atoms with Crippen molar-refractivity contribution in [3.63, 3.8) is 0 Å². The molecule has 10 nitrogen and oxygen atoms in total. The summed E-state index contributed by atoms with van der Waals surface area (Å²) in [5.74, 6) is 1.66. The van der Waals surface area contributed by atoms with Crippen LogP contribution in [0.2, 0.25) is 0 Å². The molecule has 0 radical (unpaired) electrons. The lowest BCUT2D eigenvalue weighted by atomic mass is 9.87. The third-order valence-corrected chi connectivity index (χ3v) is 10.1.